The molecule has 0 spiro atoms. The number of carbonyl (C=O) groups is 1. The fourth-order valence-corrected chi connectivity index (χ4v) is 7.29. The number of thiazole rings is 1. The summed E-state index contributed by atoms with van der Waals surface area (Å²) in [5.74, 6) is -2.91. The van der Waals surface area contributed by atoms with Crippen LogP contribution in [0, 0.1) is 11.6 Å². The van der Waals surface area contributed by atoms with E-state index in [4.69, 9.17) is 5.73 Å². The Bertz CT molecular complexity index is 1400. The normalized spacial score (nSPS) is 17.2. The zero-order valence-corrected chi connectivity index (χ0v) is 23.6. The first-order valence-corrected chi connectivity index (χ1v) is 14.8. The van der Waals surface area contributed by atoms with Gasteiger partial charge in [0, 0.05) is 25.7 Å². The molecule has 0 aliphatic carbocycles. The summed E-state index contributed by atoms with van der Waals surface area (Å²) in [6, 6.07) is 10.2. The van der Waals surface area contributed by atoms with E-state index < -0.39 is 33.0 Å². The number of hydrogen-bond donors (Lipinski definition) is 2. The SMILES string of the molecule is Cl.Nc1nc(NC2CCN(S(=O)(=O)c3ccc(CN4CCCC4)cc3)CC2)sc1C(=O)c1c(F)cccc1F. The van der Waals surface area contributed by atoms with Crippen molar-refractivity contribution in [1.29, 1.82) is 0 Å². The van der Waals surface area contributed by atoms with Crippen LogP contribution < -0.4 is 11.1 Å². The summed E-state index contributed by atoms with van der Waals surface area (Å²) in [4.78, 5) is 19.5. The maximum absolute atomic E-state index is 14.1. The van der Waals surface area contributed by atoms with Crippen LogP contribution in [-0.2, 0) is 16.6 Å². The van der Waals surface area contributed by atoms with Gasteiger partial charge in [0.25, 0.3) is 0 Å². The third kappa shape index (κ3) is 6.41. The van der Waals surface area contributed by atoms with Gasteiger partial charge in [-0.1, -0.05) is 29.5 Å². The third-order valence-electron chi connectivity index (χ3n) is 7.00. The van der Waals surface area contributed by atoms with Gasteiger partial charge in [0.1, 0.15) is 22.3 Å². The highest BCUT2D eigenvalue weighted by atomic mass is 35.5. The van der Waals surface area contributed by atoms with Gasteiger partial charge in [-0.25, -0.2) is 22.2 Å². The minimum absolute atomic E-state index is 0. The first kappa shape index (κ1) is 29.3. The van der Waals surface area contributed by atoms with E-state index in [1.165, 1.54) is 23.2 Å². The first-order valence-electron chi connectivity index (χ1n) is 12.6. The Morgan fingerprint density at radius 2 is 1.64 bits per heavy atom. The standard InChI is InChI=1S/C26H29F2N5O3S2.ClH/c27-20-4-3-5-21(28)22(20)23(34)24-25(29)31-26(37-24)30-18-10-14-33(15-11-18)38(35,36)19-8-6-17(7-9-19)16-32-12-1-2-13-32;/h3-9,18H,1-2,10-16,29H2,(H,30,31);1H. The summed E-state index contributed by atoms with van der Waals surface area (Å²) in [6.45, 7) is 3.64. The lowest BCUT2D eigenvalue weighted by atomic mass is 10.1. The number of piperidine rings is 1. The Kier molecular flexibility index (Phi) is 9.22. The predicted octanol–water partition coefficient (Wildman–Crippen LogP) is 4.52. The number of nitrogens with zero attached hydrogens (tertiary/aromatic N) is 3. The van der Waals surface area contributed by atoms with E-state index in [0.29, 0.717) is 31.1 Å². The second kappa shape index (κ2) is 12.3. The summed E-state index contributed by atoms with van der Waals surface area (Å²) in [5, 5.41) is 3.54. The van der Waals surface area contributed by atoms with Crippen molar-refractivity contribution in [2.45, 2.75) is 43.2 Å². The molecule has 8 nitrogen and oxygen atoms in total. The van der Waals surface area contributed by atoms with E-state index in [-0.39, 0.29) is 34.0 Å². The molecule has 2 fully saturated rings. The monoisotopic (exact) mass is 597 g/mol. The number of likely N-dealkylation sites (tertiary alicyclic amines) is 1. The van der Waals surface area contributed by atoms with Gasteiger partial charge >= 0.3 is 0 Å². The predicted molar refractivity (Wildman–Crippen MR) is 150 cm³/mol. The summed E-state index contributed by atoms with van der Waals surface area (Å²) >= 11 is 0.924. The highest BCUT2D eigenvalue weighted by Crippen LogP contribution is 2.31. The van der Waals surface area contributed by atoms with Crippen molar-refractivity contribution in [2.24, 2.45) is 0 Å². The van der Waals surface area contributed by atoms with Crippen molar-refractivity contribution in [3.05, 3.63) is 70.1 Å². The van der Waals surface area contributed by atoms with E-state index in [0.717, 1.165) is 48.7 Å². The lowest BCUT2D eigenvalue weighted by Gasteiger charge is -2.31. The topological polar surface area (TPSA) is 109 Å². The molecule has 0 unspecified atom stereocenters. The van der Waals surface area contributed by atoms with Gasteiger partial charge in [0.15, 0.2) is 5.13 Å². The molecule has 39 heavy (non-hydrogen) atoms. The molecule has 2 aromatic carbocycles. The lowest BCUT2D eigenvalue weighted by Crippen LogP contribution is -2.42. The van der Waals surface area contributed by atoms with Gasteiger partial charge < -0.3 is 11.1 Å². The van der Waals surface area contributed by atoms with Crippen molar-refractivity contribution in [3.63, 3.8) is 0 Å². The summed E-state index contributed by atoms with van der Waals surface area (Å²) in [5.41, 5.74) is 6.32. The molecular formula is C26H30ClF2N5O3S2. The van der Waals surface area contributed by atoms with E-state index >= 15 is 0 Å². The maximum Gasteiger partial charge on any atom is 0.243 e. The van der Waals surface area contributed by atoms with Crippen molar-refractivity contribution in [2.75, 3.05) is 37.2 Å². The van der Waals surface area contributed by atoms with E-state index in [1.807, 2.05) is 12.1 Å². The average molecular weight is 598 g/mol. The fraction of sp³-hybridized carbons (Fsp3) is 0.385. The molecule has 210 valence electrons. The Hall–Kier alpha value is -2.64. The van der Waals surface area contributed by atoms with Crippen LogP contribution in [0.3, 0.4) is 0 Å². The Morgan fingerprint density at radius 3 is 2.26 bits per heavy atom. The van der Waals surface area contributed by atoms with Crippen LogP contribution in [0.4, 0.5) is 19.7 Å². The highest BCUT2D eigenvalue weighted by molar-refractivity contribution is 7.89. The molecule has 3 aromatic rings. The second-order valence-electron chi connectivity index (χ2n) is 9.61. The van der Waals surface area contributed by atoms with Gasteiger partial charge in [-0.15, -0.1) is 12.4 Å². The molecule has 0 bridgehead atoms. The van der Waals surface area contributed by atoms with Crippen LogP contribution >= 0.6 is 23.7 Å². The number of ketones is 1. The Morgan fingerprint density at radius 1 is 1.03 bits per heavy atom. The molecule has 2 aliphatic rings. The number of nitrogen functional groups attached to an aromatic ring is 1. The minimum Gasteiger partial charge on any atom is -0.382 e. The molecule has 5 rings (SSSR count). The number of rotatable bonds is 8. The number of nitrogens with two attached hydrogens (primary N) is 1. The zero-order chi connectivity index (χ0) is 26.9. The van der Waals surface area contributed by atoms with Crippen molar-refractivity contribution < 1.29 is 22.0 Å². The van der Waals surface area contributed by atoms with Crippen molar-refractivity contribution >= 4 is 50.5 Å². The molecule has 2 saturated heterocycles. The summed E-state index contributed by atoms with van der Waals surface area (Å²) < 4.78 is 56.0. The molecule has 3 N–H and O–H groups in total. The van der Waals surface area contributed by atoms with Crippen LogP contribution in [0.2, 0.25) is 0 Å². The fourth-order valence-electron chi connectivity index (χ4n) is 4.91. The molecular weight excluding hydrogens is 568 g/mol. The van der Waals surface area contributed by atoms with Crippen LogP contribution in [-0.4, -0.2) is 60.6 Å². The number of hydrogen-bond acceptors (Lipinski definition) is 8. The lowest BCUT2D eigenvalue weighted by molar-refractivity contribution is 0.103. The summed E-state index contributed by atoms with van der Waals surface area (Å²) in [7, 11) is -3.61. The van der Waals surface area contributed by atoms with Gasteiger partial charge in [-0.3, -0.25) is 9.69 Å². The van der Waals surface area contributed by atoms with Crippen molar-refractivity contribution in [3.8, 4) is 0 Å². The van der Waals surface area contributed by atoms with Gasteiger partial charge in [0.05, 0.1) is 10.5 Å². The summed E-state index contributed by atoms with van der Waals surface area (Å²) in [6.07, 6.45) is 3.47. The van der Waals surface area contributed by atoms with Crippen LogP contribution in [0.1, 0.15) is 46.5 Å². The number of carbonyl (C=O) groups excluding carboxylic acids is 1. The largest absolute Gasteiger partial charge is 0.382 e. The average Bonchev–Trinajstić information content (AvgIpc) is 3.54. The number of nitrogens with one attached hydrogen (secondary N) is 1. The van der Waals surface area contributed by atoms with Crippen LogP contribution in [0.5, 0.6) is 0 Å². The number of benzene rings is 2. The molecule has 0 saturated carbocycles. The van der Waals surface area contributed by atoms with E-state index in [1.54, 1.807) is 12.1 Å². The highest BCUT2D eigenvalue weighted by Gasteiger charge is 2.30. The molecule has 0 radical (unpaired) electrons. The van der Waals surface area contributed by atoms with Gasteiger partial charge in [0.2, 0.25) is 15.8 Å². The maximum atomic E-state index is 14.1. The number of sulfonamides is 1. The number of aromatic nitrogens is 1. The zero-order valence-electron chi connectivity index (χ0n) is 21.1. The molecule has 2 aliphatic heterocycles. The number of halogens is 3. The van der Waals surface area contributed by atoms with E-state index in [2.05, 4.69) is 15.2 Å². The van der Waals surface area contributed by atoms with E-state index in [9.17, 15) is 22.0 Å². The quantitative estimate of drug-likeness (QED) is 0.368. The Balaban J connectivity index is 0.00000353. The Labute approximate surface area is 236 Å². The minimum atomic E-state index is -3.61. The smallest absolute Gasteiger partial charge is 0.243 e. The van der Waals surface area contributed by atoms with Gasteiger partial charge in [-0.2, -0.15) is 4.31 Å². The number of anilines is 2. The van der Waals surface area contributed by atoms with Crippen LogP contribution in [0.15, 0.2) is 47.4 Å². The first-order chi connectivity index (χ1) is 18.2. The van der Waals surface area contributed by atoms with Gasteiger partial charge in [-0.05, 0) is 68.6 Å². The molecule has 13 heteroatoms. The molecule has 0 atom stereocenters. The molecule has 1 aromatic heterocycles. The molecule has 3 heterocycles. The molecule has 0 amide bonds. The van der Waals surface area contributed by atoms with Crippen molar-refractivity contribution in [1.82, 2.24) is 14.2 Å². The second-order valence-corrected chi connectivity index (χ2v) is 12.5. The van der Waals surface area contributed by atoms with Crippen LogP contribution in [0.25, 0.3) is 0 Å². The third-order valence-corrected chi connectivity index (χ3v) is 9.91.